The van der Waals surface area contributed by atoms with Crippen LogP contribution in [0.15, 0.2) is 27.6 Å². The van der Waals surface area contributed by atoms with E-state index in [9.17, 15) is 9.00 Å². The minimum Gasteiger partial charge on any atom is -0.313 e. The number of carbonyl (C=O) groups excluding carboxylic acids is 1. The summed E-state index contributed by atoms with van der Waals surface area (Å²) in [5.74, 6) is -0.0943. The Bertz CT molecular complexity index is 461. The van der Waals surface area contributed by atoms with Gasteiger partial charge in [-0.05, 0) is 25.1 Å². The van der Waals surface area contributed by atoms with Crippen LogP contribution < -0.4 is 4.90 Å². The molecule has 5 heteroatoms. The topological polar surface area (TPSA) is 37.4 Å². The second kappa shape index (κ2) is 3.72. The van der Waals surface area contributed by atoms with Crippen molar-refractivity contribution in [3.05, 3.63) is 22.7 Å². The number of hydrogen-bond donors (Lipinski definition) is 0. The molecule has 1 amide bonds. The number of rotatable bonds is 0. The van der Waals surface area contributed by atoms with Crippen molar-refractivity contribution in [3.63, 3.8) is 0 Å². The van der Waals surface area contributed by atoms with Crippen LogP contribution in [-0.4, -0.2) is 22.4 Å². The van der Waals surface area contributed by atoms with Gasteiger partial charge in [0.05, 0.1) is 21.4 Å². The quantitative estimate of drug-likeness (QED) is 0.731. The van der Waals surface area contributed by atoms with Crippen molar-refractivity contribution in [3.8, 4) is 0 Å². The van der Waals surface area contributed by atoms with Gasteiger partial charge in [0.25, 0.3) is 0 Å². The van der Waals surface area contributed by atoms with Gasteiger partial charge in [-0.15, -0.1) is 0 Å². The molecule has 1 aliphatic heterocycles. The second-order valence-corrected chi connectivity index (χ2v) is 6.11. The van der Waals surface area contributed by atoms with E-state index in [-0.39, 0.29) is 5.91 Å². The molecule has 80 valence electrons. The first kappa shape index (κ1) is 10.8. The van der Waals surface area contributed by atoms with Crippen molar-refractivity contribution in [1.82, 2.24) is 0 Å². The number of nitrogens with zero attached hydrogens (tertiary/aromatic N) is 1. The molecule has 3 nitrogen and oxygen atoms in total. The standard InChI is InChI=1S/C10H10BrNO2S/c1-6-10(13)12(2)8-4-3-7(11)5-9(8)15(6)14/h3-6H,1-2H3. The molecule has 2 atom stereocenters. The van der Waals surface area contributed by atoms with E-state index in [0.29, 0.717) is 0 Å². The highest BCUT2D eigenvalue weighted by atomic mass is 79.9. The van der Waals surface area contributed by atoms with Crippen LogP contribution in [0.3, 0.4) is 0 Å². The fraction of sp³-hybridized carbons (Fsp3) is 0.300. The van der Waals surface area contributed by atoms with E-state index in [4.69, 9.17) is 0 Å². The van der Waals surface area contributed by atoms with Gasteiger partial charge in [-0.1, -0.05) is 15.9 Å². The van der Waals surface area contributed by atoms with Crippen LogP contribution in [-0.2, 0) is 15.6 Å². The third-order valence-corrected chi connectivity index (χ3v) is 4.60. The number of halogens is 1. The molecule has 0 saturated heterocycles. The molecule has 0 fully saturated rings. The lowest BCUT2D eigenvalue weighted by molar-refractivity contribution is -0.117. The summed E-state index contributed by atoms with van der Waals surface area (Å²) in [5, 5.41) is -0.461. The van der Waals surface area contributed by atoms with Gasteiger partial charge in [0.15, 0.2) is 0 Å². The van der Waals surface area contributed by atoms with E-state index in [0.717, 1.165) is 15.1 Å². The zero-order chi connectivity index (χ0) is 11.2. The third-order valence-electron chi connectivity index (χ3n) is 2.50. The summed E-state index contributed by atoms with van der Waals surface area (Å²) in [7, 11) is 0.468. The minimum atomic E-state index is -1.24. The van der Waals surface area contributed by atoms with Gasteiger partial charge in [-0.3, -0.25) is 9.00 Å². The van der Waals surface area contributed by atoms with E-state index >= 15 is 0 Å². The predicted octanol–water partition coefficient (Wildman–Crippen LogP) is 1.92. The summed E-state index contributed by atoms with van der Waals surface area (Å²) in [4.78, 5) is 14.0. The number of anilines is 1. The maximum Gasteiger partial charge on any atom is 0.242 e. The summed E-state index contributed by atoms with van der Waals surface area (Å²) >= 11 is 3.33. The van der Waals surface area contributed by atoms with Crippen molar-refractivity contribution in [2.75, 3.05) is 11.9 Å². The van der Waals surface area contributed by atoms with Gasteiger partial charge < -0.3 is 4.90 Å². The van der Waals surface area contributed by atoms with E-state index in [1.165, 1.54) is 0 Å². The summed E-state index contributed by atoms with van der Waals surface area (Å²) in [6.07, 6.45) is 0. The normalized spacial score (nSPS) is 25.3. The molecular formula is C10H10BrNO2S. The van der Waals surface area contributed by atoms with Gasteiger partial charge in [-0.25, -0.2) is 0 Å². The molecule has 0 radical (unpaired) electrons. The molecule has 1 aromatic carbocycles. The van der Waals surface area contributed by atoms with E-state index < -0.39 is 16.0 Å². The van der Waals surface area contributed by atoms with Gasteiger partial charge >= 0.3 is 0 Å². The molecule has 1 aliphatic rings. The molecule has 2 rings (SSSR count). The van der Waals surface area contributed by atoms with E-state index in [2.05, 4.69) is 15.9 Å². The Hall–Kier alpha value is -0.680. The van der Waals surface area contributed by atoms with Crippen LogP contribution in [0.4, 0.5) is 5.69 Å². The fourth-order valence-corrected chi connectivity index (χ4v) is 3.49. The predicted molar refractivity (Wildman–Crippen MR) is 63.4 cm³/mol. The summed E-state index contributed by atoms with van der Waals surface area (Å²) in [6.45, 7) is 1.69. The van der Waals surface area contributed by atoms with Gasteiger partial charge in [-0.2, -0.15) is 0 Å². The Morgan fingerprint density at radius 3 is 2.80 bits per heavy atom. The molecule has 0 aliphatic carbocycles. The molecular weight excluding hydrogens is 278 g/mol. The van der Waals surface area contributed by atoms with Crippen LogP contribution >= 0.6 is 15.9 Å². The van der Waals surface area contributed by atoms with Crippen molar-refractivity contribution in [2.24, 2.45) is 0 Å². The van der Waals surface area contributed by atoms with Gasteiger partial charge in [0.2, 0.25) is 5.91 Å². The average Bonchev–Trinajstić information content (AvgIpc) is 2.23. The number of amides is 1. The molecule has 0 bridgehead atoms. The van der Waals surface area contributed by atoms with Crippen molar-refractivity contribution < 1.29 is 9.00 Å². The van der Waals surface area contributed by atoms with Crippen molar-refractivity contribution >= 4 is 38.3 Å². The first-order chi connectivity index (χ1) is 7.02. The van der Waals surface area contributed by atoms with Crippen molar-refractivity contribution in [1.29, 1.82) is 0 Å². The first-order valence-electron chi connectivity index (χ1n) is 4.50. The minimum absolute atomic E-state index is 0.0943. The van der Waals surface area contributed by atoms with Gasteiger partial charge in [0, 0.05) is 11.5 Å². The zero-order valence-corrected chi connectivity index (χ0v) is 10.8. The lowest BCUT2D eigenvalue weighted by Gasteiger charge is -2.29. The largest absolute Gasteiger partial charge is 0.313 e. The molecule has 15 heavy (non-hydrogen) atoms. The maximum absolute atomic E-state index is 12.0. The van der Waals surface area contributed by atoms with Crippen LogP contribution in [0.1, 0.15) is 6.92 Å². The zero-order valence-electron chi connectivity index (χ0n) is 8.36. The summed E-state index contributed by atoms with van der Waals surface area (Å²) in [6, 6.07) is 5.46. The number of benzene rings is 1. The Morgan fingerprint density at radius 1 is 1.47 bits per heavy atom. The molecule has 0 spiro atoms. The summed E-state index contributed by atoms with van der Waals surface area (Å²) in [5.41, 5.74) is 0.736. The highest BCUT2D eigenvalue weighted by Gasteiger charge is 2.33. The second-order valence-electron chi connectivity index (χ2n) is 3.45. The fourth-order valence-electron chi connectivity index (χ4n) is 1.60. The number of hydrogen-bond acceptors (Lipinski definition) is 2. The number of fused-ring (bicyclic) bond motifs is 1. The molecule has 0 saturated carbocycles. The Kier molecular flexibility index (Phi) is 2.68. The molecule has 1 heterocycles. The Labute approximate surface area is 99.0 Å². The monoisotopic (exact) mass is 287 g/mol. The maximum atomic E-state index is 12.0. The molecule has 0 aromatic heterocycles. The highest BCUT2D eigenvalue weighted by molar-refractivity contribution is 9.10. The Balaban J connectivity index is 2.64. The Morgan fingerprint density at radius 2 is 2.13 bits per heavy atom. The molecule has 0 N–H and O–H groups in total. The lowest BCUT2D eigenvalue weighted by Crippen LogP contribution is -2.41. The summed E-state index contributed by atoms with van der Waals surface area (Å²) < 4.78 is 12.8. The SMILES string of the molecule is CC1C(=O)N(C)c2ccc(Br)cc2S1=O. The van der Waals surface area contributed by atoms with Crippen LogP contribution in [0.5, 0.6) is 0 Å². The molecule has 1 aromatic rings. The van der Waals surface area contributed by atoms with Crippen LogP contribution in [0.2, 0.25) is 0 Å². The highest BCUT2D eigenvalue weighted by Crippen LogP contribution is 2.32. The van der Waals surface area contributed by atoms with E-state index in [1.54, 1.807) is 24.9 Å². The van der Waals surface area contributed by atoms with Gasteiger partial charge in [0.1, 0.15) is 5.25 Å². The number of carbonyl (C=O) groups is 1. The van der Waals surface area contributed by atoms with E-state index in [1.807, 2.05) is 12.1 Å². The smallest absolute Gasteiger partial charge is 0.242 e. The third kappa shape index (κ3) is 1.63. The molecule has 2 unspecified atom stereocenters. The lowest BCUT2D eigenvalue weighted by atomic mass is 10.2. The average molecular weight is 288 g/mol. The van der Waals surface area contributed by atoms with Crippen LogP contribution in [0.25, 0.3) is 0 Å². The van der Waals surface area contributed by atoms with Crippen molar-refractivity contribution in [2.45, 2.75) is 17.1 Å². The first-order valence-corrected chi connectivity index (χ1v) is 6.50. The van der Waals surface area contributed by atoms with Crippen LogP contribution in [0, 0.1) is 0 Å².